The Labute approximate surface area is 163 Å². The topological polar surface area (TPSA) is 47.6 Å². The number of anilines is 2. The Morgan fingerprint density at radius 1 is 1.07 bits per heavy atom. The standard InChI is InChI=1S/C20H22ClFN4O/c21-16-3-1-2-14(8-16)13-26-19-10-15(11-22)9-18(17(19)12-24-20(26)27)25-6-4-23-5-7-25/h1-3,8-10,23H,4-7,11-13H2,(H,24,27). The summed E-state index contributed by atoms with van der Waals surface area (Å²) >= 11 is 6.09. The third-order valence-corrected chi connectivity index (χ3v) is 5.29. The molecule has 0 saturated carbocycles. The highest BCUT2D eigenvalue weighted by Gasteiger charge is 2.28. The summed E-state index contributed by atoms with van der Waals surface area (Å²) in [4.78, 5) is 16.5. The Hall–Kier alpha value is -2.31. The summed E-state index contributed by atoms with van der Waals surface area (Å²) < 4.78 is 13.6. The Kier molecular flexibility index (Phi) is 5.18. The molecule has 2 amide bonds. The van der Waals surface area contributed by atoms with Crippen LogP contribution < -0.4 is 20.4 Å². The Morgan fingerprint density at radius 2 is 1.85 bits per heavy atom. The predicted molar refractivity (Wildman–Crippen MR) is 106 cm³/mol. The van der Waals surface area contributed by atoms with Crippen LogP contribution in [0.2, 0.25) is 5.02 Å². The molecular formula is C20H22ClFN4O. The molecule has 0 spiro atoms. The molecule has 0 radical (unpaired) electrons. The molecule has 2 aromatic rings. The molecule has 2 aliphatic rings. The Morgan fingerprint density at radius 3 is 2.59 bits per heavy atom. The van der Waals surface area contributed by atoms with Crippen molar-refractivity contribution < 1.29 is 9.18 Å². The quantitative estimate of drug-likeness (QED) is 0.843. The first-order chi connectivity index (χ1) is 13.2. The zero-order valence-corrected chi connectivity index (χ0v) is 15.7. The van der Waals surface area contributed by atoms with Gasteiger partial charge in [0.1, 0.15) is 6.67 Å². The van der Waals surface area contributed by atoms with Crippen molar-refractivity contribution in [1.29, 1.82) is 0 Å². The van der Waals surface area contributed by atoms with E-state index in [1.165, 1.54) is 0 Å². The number of hydrogen-bond acceptors (Lipinski definition) is 3. The molecule has 0 atom stereocenters. The van der Waals surface area contributed by atoms with Gasteiger partial charge < -0.3 is 15.5 Å². The number of amides is 2. The molecule has 1 saturated heterocycles. The van der Waals surface area contributed by atoms with Gasteiger partial charge in [-0.1, -0.05) is 23.7 Å². The van der Waals surface area contributed by atoms with Crippen LogP contribution in [0.15, 0.2) is 36.4 Å². The van der Waals surface area contributed by atoms with Gasteiger partial charge in [0.2, 0.25) is 0 Å². The second-order valence-electron chi connectivity index (χ2n) is 6.86. The number of nitrogens with zero attached hydrogens (tertiary/aromatic N) is 2. The lowest BCUT2D eigenvalue weighted by Gasteiger charge is -2.36. The second kappa shape index (κ2) is 7.74. The summed E-state index contributed by atoms with van der Waals surface area (Å²) in [5.74, 6) is 0. The molecule has 2 heterocycles. The lowest BCUT2D eigenvalue weighted by molar-refractivity contribution is 0.244. The van der Waals surface area contributed by atoms with Crippen molar-refractivity contribution in [3.8, 4) is 0 Å². The number of fused-ring (bicyclic) bond motifs is 1. The van der Waals surface area contributed by atoms with Gasteiger partial charge in [-0.3, -0.25) is 4.90 Å². The number of carbonyl (C=O) groups is 1. The van der Waals surface area contributed by atoms with Gasteiger partial charge >= 0.3 is 6.03 Å². The summed E-state index contributed by atoms with van der Waals surface area (Å²) in [6, 6.07) is 11.0. The van der Waals surface area contributed by atoms with Crippen molar-refractivity contribution in [2.45, 2.75) is 19.8 Å². The van der Waals surface area contributed by atoms with E-state index in [0.717, 1.165) is 48.7 Å². The van der Waals surface area contributed by atoms with E-state index >= 15 is 0 Å². The molecule has 2 aromatic carbocycles. The number of nitrogens with one attached hydrogen (secondary N) is 2. The van der Waals surface area contributed by atoms with Crippen LogP contribution in [-0.4, -0.2) is 32.2 Å². The van der Waals surface area contributed by atoms with Crippen LogP contribution in [0.3, 0.4) is 0 Å². The van der Waals surface area contributed by atoms with Crippen LogP contribution in [0.4, 0.5) is 20.6 Å². The number of halogens is 2. The van der Waals surface area contributed by atoms with Gasteiger partial charge in [0, 0.05) is 49.0 Å². The molecule has 0 aliphatic carbocycles. The summed E-state index contributed by atoms with van der Waals surface area (Å²) in [5.41, 5.74) is 4.35. The minimum Gasteiger partial charge on any atom is -0.369 e. The lowest BCUT2D eigenvalue weighted by atomic mass is 10.0. The smallest absolute Gasteiger partial charge is 0.322 e. The van der Waals surface area contributed by atoms with E-state index in [4.69, 9.17) is 11.6 Å². The molecule has 0 bridgehead atoms. The van der Waals surface area contributed by atoms with E-state index in [1.54, 1.807) is 17.0 Å². The molecule has 2 aliphatic heterocycles. The number of carbonyl (C=O) groups excluding carboxylic acids is 1. The molecule has 4 rings (SSSR count). The van der Waals surface area contributed by atoms with E-state index in [9.17, 15) is 9.18 Å². The Bertz CT molecular complexity index is 854. The van der Waals surface area contributed by atoms with Crippen LogP contribution >= 0.6 is 11.6 Å². The van der Waals surface area contributed by atoms with Gasteiger partial charge in [-0.2, -0.15) is 0 Å². The highest BCUT2D eigenvalue weighted by molar-refractivity contribution is 6.30. The number of rotatable bonds is 4. The minimum atomic E-state index is -0.557. The van der Waals surface area contributed by atoms with Crippen molar-refractivity contribution in [2.75, 3.05) is 36.0 Å². The molecular weight excluding hydrogens is 367 g/mol. The molecule has 0 unspecified atom stereocenters. The van der Waals surface area contributed by atoms with Gasteiger partial charge in [0.05, 0.1) is 12.2 Å². The van der Waals surface area contributed by atoms with E-state index in [2.05, 4.69) is 15.5 Å². The van der Waals surface area contributed by atoms with Gasteiger partial charge in [0.15, 0.2) is 0 Å². The largest absolute Gasteiger partial charge is 0.369 e. The summed E-state index contributed by atoms with van der Waals surface area (Å²) in [7, 11) is 0. The first-order valence-electron chi connectivity index (χ1n) is 9.13. The van der Waals surface area contributed by atoms with E-state index in [1.807, 2.05) is 24.3 Å². The monoisotopic (exact) mass is 388 g/mol. The fourth-order valence-corrected chi connectivity index (χ4v) is 3.94. The van der Waals surface area contributed by atoms with Gasteiger partial charge in [0.25, 0.3) is 0 Å². The maximum atomic E-state index is 13.6. The molecule has 2 N–H and O–H groups in total. The van der Waals surface area contributed by atoms with E-state index in [0.29, 0.717) is 23.7 Å². The normalized spacial score (nSPS) is 16.9. The number of hydrogen-bond donors (Lipinski definition) is 2. The van der Waals surface area contributed by atoms with Gasteiger partial charge in [-0.05, 0) is 35.4 Å². The van der Waals surface area contributed by atoms with Crippen LogP contribution in [0.5, 0.6) is 0 Å². The summed E-state index contributed by atoms with van der Waals surface area (Å²) in [6.45, 7) is 3.80. The van der Waals surface area contributed by atoms with Crippen LogP contribution in [-0.2, 0) is 19.8 Å². The number of benzene rings is 2. The third kappa shape index (κ3) is 3.73. The molecule has 5 nitrogen and oxygen atoms in total. The summed E-state index contributed by atoms with van der Waals surface area (Å²) in [6.07, 6.45) is 0. The van der Waals surface area contributed by atoms with E-state index < -0.39 is 6.67 Å². The predicted octanol–water partition coefficient (Wildman–Crippen LogP) is 3.45. The van der Waals surface area contributed by atoms with Crippen molar-refractivity contribution in [1.82, 2.24) is 10.6 Å². The summed E-state index contributed by atoms with van der Waals surface area (Å²) in [5, 5.41) is 6.93. The van der Waals surface area contributed by atoms with Crippen molar-refractivity contribution >= 4 is 29.0 Å². The molecule has 27 heavy (non-hydrogen) atoms. The Balaban J connectivity index is 1.75. The van der Waals surface area contributed by atoms with Crippen LogP contribution in [0, 0.1) is 0 Å². The van der Waals surface area contributed by atoms with Crippen molar-refractivity contribution in [2.24, 2.45) is 0 Å². The zero-order valence-electron chi connectivity index (χ0n) is 15.0. The zero-order chi connectivity index (χ0) is 18.8. The molecule has 142 valence electrons. The molecule has 0 aromatic heterocycles. The SMILES string of the molecule is O=C1NCc2c(N3CCNCC3)cc(CF)cc2N1Cc1cccc(Cl)c1. The lowest BCUT2D eigenvalue weighted by Crippen LogP contribution is -2.47. The molecule has 7 heteroatoms. The van der Waals surface area contributed by atoms with Crippen molar-refractivity contribution in [3.05, 3.63) is 58.1 Å². The highest BCUT2D eigenvalue weighted by atomic mass is 35.5. The first kappa shape index (κ1) is 18.1. The highest BCUT2D eigenvalue weighted by Crippen LogP contribution is 2.36. The number of piperazine rings is 1. The fraction of sp³-hybridized carbons (Fsp3) is 0.350. The third-order valence-electron chi connectivity index (χ3n) is 5.06. The van der Waals surface area contributed by atoms with E-state index in [-0.39, 0.29) is 6.03 Å². The molecule has 1 fully saturated rings. The van der Waals surface area contributed by atoms with Gasteiger partial charge in [-0.25, -0.2) is 9.18 Å². The number of alkyl halides is 1. The average molecular weight is 389 g/mol. The maximum Gasteiger partial charge on any atom is 0.322 e. The van der Waals surface area contributed by atoms with Crippen molar-refractivity contribution in [3.63, 3.8) is 0 Å². The minimum absolute atomic E-state index is 0.176. The fourth-order valence-electron chi connectivity index (χ4n) is 3.73. The van der Waals surface area contributed by atoms with Gasteiger partial charge in [-0.15, -0.1) is 0 Å². The van der Waals surface area contributed by atoms with Crippen LogP contribution in [0.25, 0.3) is 0 Å². The maximum absolute atomic E-state index is 13.6. The average Bonchev–Trinajstić information content (AvgIpc) is 2.70. The number of urea groups is 1. The van der Waals surface area contributed by atoms with Crippen LogP contribution in [0.1, 0.15) is 16.7 Å². The first-order valence-corrected chi connectivity index (χ1v) is 9.51. The second-order valence-corrected chi connectivity index (χ2v) is 7.29.